The van der Waals surface area contributed by atoms with Gasteiger partial charge in [0, 0.05) is 11.3 Å². The average molecular weight is 302 g/mol. The van der Waals surface area contributed by atoms with Crippen LogP contribution in [-0.4, -0.2) is 9.55 Å². The van der Waals surface area contributed by atoms with E-state index in [0.29, 0.717) is 11.3 Å². The molecule has 0 atom stereocenters. The molecule has 0 N–H and O–H groups in total. The van der Waals surface area contributed by atoms with Crippen molar-refractivity contribution in [2.24, 2.45) is 0 Å². The molecule has 0 radical (unpaired) electrons. The molecule has 1 heterocycles. The van der Waals surface area contributed by atoms with Crippen LogP contribution in [0.1, 0.15) is 11.3 Å². The van der Waals surface area contributed by atoms with E-state index < -0.39 is 11.9 Å². The smallest absolute Gasteiger partial charge is 0.295 e. The molecule has 22 heavy (non-hydrogen) atoms. The summed E-state index contributed by atoms with van der Waals surface area (Å²) in [7, 11) is 0. The molecule has 0 aliphatic heterocycles. The molecule has 2 nitrogen and oxygen atoms in total. The summed E-state index contributed by atoms with van der Waals surface area (Å²) < 4.78 is 41.7. The average Bonchev–Trinajstić information content (AvgIpc) is 2.94. The minimum Gasteiger partial charge on any atom is -0.295 e. The Hall–Kier alpha value is -2.56. The predicted molar refractivity (Wildman–Crippen MR) is 78.7 cm³/mol. The van der Waals surface area contributed by atoms with E-state index >= 15 is 0 Å². The number of nitrogens with zero attached hydrogens (tertiary/aromatic N) is 2. The Bertz CT molecular complexity index is 772. The van der Waals surface area contributed by atoms with Crippen molar-refractivity contribution < 1.29 is 13.2 Å². The van der Waals surface area contributed by atoms with Gasteiger partial charge in [-0.2, -0.15) is 13.2 Å². The first-order valence-electron chi connectivity index (χ1n) is 6.74. The van der Waals surface area contributed by atoms with Gasteiger partial charge in [-0.1, -0.05) is 48.0 Å². The highest BCUT2D eigenvalue weighted by molar-refractivity contribution is 5.64. The van der Waals surface area contributed by atoms with Crippen LogP contribution in [0.2, 0.25) is 0 Å². The zero-order valence-corrected chi connectivity index (χ0v) is 11.8. The van der Waals surface area contributed by atoms with Gasteiger partial charge < -0.3 is 0 Å². The molecule has 112 valence electrons. The summed E-state index contributed by atoms with van der Waals surface area (Å²) >= 11 is 0. The highest BCUT2D eigenvalue weighted by atomic mass is 19.4. The molecule has 2 aromatic carbocycles. The number of imidazole rings is 1. The van der Waals surface area contributed by atoms with Crippen molar-refractivity contribution in [1.29, 1.82) is 0 Å². The van der Waals surface area contributed by atoms with Gasteiger partial charge in [0.25, 0.3) is 0 Å². The van der Waals surface area contributed by atoms with Gasteiger partial charge in [0.2, 0.25) is 0 Å². The van der Waals surface area contributed by atoms with E-state index in [1.165, 1.54) is 6.33 Å². The second-order valence-corrected chi connectivity index (χ2v) is 5.01. The van der Waals surface area contributed by atoms with Crippen molar-refractivity contribution in [3.8, 4) is 16.9 Å². The third kappa shape index (κ3) is 2.62. The molecule has 0 saturated heterocycles. The van der Waals surface area contributed by atoms with Crippen LogP contribution < -0.4 is 0 Å². The first-order valence-corrected chi connectivity index (χ1v) is 6.74. The third-order valence-corrected chi connectivity index (χ3v) is 3.40. The lowest BCUT2D eigenvalue weighted by Gasteiger charge is -2.13. The Morgan fingerprint density at radius 2 is 1.55 bits per heavy atom. The molecule has 0 aliphatic carbocycles. The number of aromatic nitrogens is 2. The lowest BCUT2D eigenvalue weighted by molar-refractivity contribution is -0.141. The first-order chi connectivity index (χ1) is 10.5. The fourth-order valence-electron chi connectivity index (χ4n) is 2.33. The number of aryl methyl sites for hydroxylation is 1. The summed E-state index contributed by atoms with van der Waals surface area (Å²) in [5, 5.41) is 0. The maximum Gasteiger partial charge on any atom is 0.433 e. The van der Waals surface area contributed by atoms with Crippen molar-refractivity contribution >= 4 is 0 Å². The number of halogens is 3. The molecule has 3 aromatic rings. The van der Waals surface area contributed by atoms with Crippen LogP contribution in [0.4, 0.5) is 13.2 Å². The van der Waals surface area contributed by atoms with Crippen LogP contribution in [0.3, 0.4) is 0 Å². The highest BCUT2D eigenvalue weighted by Crippen LogP contribution is 2.37. The molecule has 0 bridgehead atoms. The topological polar surface area (TPSA) is 17.8 Å². The largest absolute Gasteiger partial charge is 0.433 e. The minimum atomic E-state index is -4.49. The predicted octanol–water partition coefficient (Wildman–Crippen LogP) is 4.87. The molecule has 5 heteroatoms. The van der Waals surface area contributed by atoms with E-state index in [2.05, 4.69) is 4.98 Å². The van der Waals surface area contributed by atoms with E-state index in [9.17, 15) is 13.2 Å². The van der Waals surface area contributed by atoms with Crippen molar-refractivity contribution in [2.45, 2.75) is 13.1 Å². The van der Waals surface area contributed by atoms with Gasteiger partial charge in [-0.05, 0) is 19.1 Å². The summed E-state index contributed by atoms with van der Waals surface area (Å²) in [5.41, 5.74) is 1.05. The Labute approximate surface area is 125 Å². The first kappa shape index (κ1) is 14.4. The maximum atomic E-state index is 13.5. The van der Waals surface area contributed by atoms with Crippen LogP contribution in [0.25, 0.3) is 16.9 Å². The second-order valence-electron chi connectivity index (χ2n) is 5.01. The van der Waals surface area contributed by atoms with Crippen molar-refractivity contribution in [1.82, 2.24) is 9.55 Å². The summed E-state index contributed by atoms with van der Waals surface area (Å²) in [6.45, 7) is 1.89. The van der Waals surface area contributed by atoms with Gasteiger partial charge >= 0.3 is 6.18 Å². The van der Waals surface area contributed by atoms with Crippen LogP contribution in [0.5, 0.6) is 0 Å². The normalized spacial score (nSPS) is 11.6. The molecule has 0 amide bonds. The van der Waals surface area contributed by atoms with Crippen molar-refractivity contribution in [3.63, 3.8) is 0 Å². The molecule has 3 rings (SSSR count). The molecular weight excluding hydrogens is 289 g/mol. The lowest BCUT2D eigenvalue weighted by Crippen LogP contribution is -2.13. The van der Waals surface area contributed by atoms with E-state index in [-0.39, 0.29) is 5.69 Å². The number of alkyl halides is 3. The zero-order chi connectivity index (χ0) is 15.7. The summed E-state index contributed by atoms with van der Waals surface area (Å²) in [5.74, 6) is 0. The van der Waals surface area contributed by atoms with E-state index in [4.69, 9.17) is 0 Å². The Kier molecular flexibility index (Phi) is 3.48. The van der Waals surface area contributed by atoms with Gasteiger partial charge in [-0.15, -0.1) is 0 Å². The third-order valence-electron chi connectivity index (χ3n) is 3.40. The van der Waals surface area contributed by atoms with Gasteiger partial charge in [0.15, 0.2) is 5.69 Å². The fraction of sp³-hybridized carbons (Fsp3) is 0.118. The number of para-hydroxylation sites is 1. The second kappa shape index (κ2) is 5.33. The van der Waals surface area contributed by atoms with Crippen molar-refractivity contribution in [3.05, 3.63) is 72.2 Å². The summed E-state index contributed by atoms with van der Waals surface area (Å²) in [6.07, 6.45) is -3.28. The highest BCUT2D eigenvalue weighted by Gasteiger charge is 2.39. The van der Waals surface area contributed by atoms with Crippen LogP contribution in [0, 0.1) is 6.92 Å². The molecule has 0 aliphatic rings. The van der Waals surface area contributed by atoms with E-state index in [0.717, 1.165) is 10.1 Å². The van der Waals surface area contributed by atoms with Gasteiger partial charge in [0.05, 0.1) is 0 Å². The van der Waals surface area contributed by atoms with E-state index in [1.54, 1.807) is 54.6 Å². The molecule has 0 unspecified atom stereocenters. The summed E-state index contributed by atoms with van der Waals surface area (Å²) in [4.78, 5) is 4.00. The Morgan fingerprint density at radius 3 is 2.14 bits per heavy atom. The zero-order valence-electron chi connectivity index (χ0n) is 11.8. The number of rotatable bonds is 2. The minimum absolute atomic E-state index is 0.0589. The SMILES string of the molecule is Cc1ccc(-c2ncn(-c3ccccc3)c2C(F)(F)F)cc1. The van der Waals surface area contributed by atoms with E-state index in [1.807, 2.05) is 6.92 Å². The Balaban J connectivity index is 2.20. The molecular formula is C17H13F3N2. The van der Waals surface area contributed by atoms with Crippen LogP contribution in [-0.2, 0) is 6.18 Å². The van der Waals surface area contributed by atoms with Crippen LogP contribution in [0.15, 0.2) is 60.9 Å². The van der Waals surface area contributed by atoms with Crippen molar-refractivity contribution in [2.75, 3.05) is 0 Å². The molecule has 1 aromatic heterocycles. The molecule has 0 spiro atoms. The standard InChI is InChI=1S/C17H13F3N2/c1-12-7-9-13(10-8-12)15-16(17(18,19)20)22(11-21-15)14-5-3-2-4-6-14/h2-11H,1H3. The monoisotopic (exact) mass is 302 g/mol. The lowest BCUT2D eigenvalue weighted by atomic mass is 10.1. The van der Waals surface area contributed by atoms with Gasteiger partial charge in [0.1, 0.15) is 12.0 Å². The van der Waals surface area contributed by atoms with Gasteiger partial charge in [-0.3, -0.25) is 4.57 Å². The number of hydrogen-bond acceptors (Lipinski definition) is 1. The quantitative estimate of drug-likeness (QED) is 0.660. The fourth-order valence-corrected chi connectivity index (χ4v) is 2.33. The number of benzene rings is 2. The Morgan fingerprint density at radius 1 is 0.909 bits per heavy atom. The summed E-state index contributed by atoms with van der Waals surface area (Å²) in [6, 6.07) is 15.3. The van der Waals surface area contributed by atoms with Crippen LogP contribution >= 0.6 is 0 Å². The molecule has 0 saturated carbocycles. The molecule has 0 fully saturated rings. The maximum absolute atomic E-state index is 13.5. The number of hydrogen-bond donors (Lipinski definition) is 0. The van der Waals surface area contributed by atoms with Gasteiger partial charge in [-0.25, -0.2) is 4.98 Å².